The van der Waals surface area contributed by atoms with Crippen molar-refractivity contribution in [3.63, 3.8) is 0 Å². The summed E-state index contributed by atoms with van der Waals surface area (Å²) in [5.41, 5.74) is 12.6. The fraction of sp³-hybridized carbons (Fsp3) is 0.300. The van der Waals surface area contributed by atoms with Crippen molar-refractivity contribution in [2.24, 2.45) is 11.5 Å². The van der Waals surface area contributed by atoms with Crippen LogP contribution in [0.2, 0.25) is 0 Å². The molecule has 0 atom stereocenters. The molecular formula is C20H28N4O4+2. The summed E-state index contributed by atoms with van der Waals surface area (Å²) >= 11 is 0. The first-order valence-corrected chi connectivity index (χ1v) is 8.84. The maximum Gasteiger partial charge on any atom is 0.270 e. The average Bonchev–Trinajstić information content (AvgIpc) is 2.70. The Morgan fingerprint density at radius 1 is 0.714 bits per heavy atom. The Balaban J connectivity index is 1.80. The van der Waals surface area contributed by atoms with Crippen LogP contribution in [-0.4, -0.2) is 39.1 Å². The molecule has 8 N–H and O–H groups in total. The summed E-state index contributed by atoms with van der Waals surface area (Å²) in [5.74, 6) is 2.92. The van der Waals surface area contributed by atoms with E-state index >= 15 is 0 Å². The smallest absolute Gasteiger partial charge is 0.270 e. The highest BCUT2D eigenvalue weighted by Gasteiger charge is 2.11. The SMILES string of the molecule is COc1cc(C(N)=[NH2+])ccc1OCCCCOc1ccc(C(N)=[NH2+])cc1OC. The van der Waals surface area contributed by atoms with Gasteiger partial charge in [-0.1, -0.05) is 0 Å². The van der Waals surface area contributed by atoms with Crippen LogP contribution < -0.4 is 41.2 Å². The van der Waals surface area contributed by atoms with Gasteiger partial charge in [0, 0.05) is 0 Å². The second kappa shape index (κ2) is 10.1. The molecule has 0 spiro atoms. The topological polar surface area (TPSA) is 140 Å². The lowest BCUT2D eigenvalue weighted by molar-refractivity contribution is -0.115. The van der Waals surface area contributed by atoms with E-state index in [9.17, 15) is 0 Å². The Morgan fingerprint density at radius 2 is 1.11 bits per heavy atom. The largest absolute Gasteiger partial charge is 0.493 e. The van der Waals surface area contributed by atoms with E-state index in [0.29, 0.717) is 47.3 Å². The first kappa shape index (κ1) is 20.9. The van der Waals surface area contributed by atoms with Crippen LogP contribution in [0, 0.1) is 0 Å². The van der Waals surface area contributed by atoms with Crippen LogP contribution in [0.5, 0.6) is 23.0 Å². The molecule has 0 radical (unpaired) electrons. The molecular weight excluding hydrogens is 360 g/mol. The molecule has 0 heterocycles. The van der Waals surface area contributed by atoms with Crippen molar-refractivity contribution in [3.05, 3.63) is 47.5 Å². The van der Waals surface area contributed by atoms with Gasteiger partial charge in [0.25, 0.3) is 11.7 Å². The van der Waals surface area contributed by atoms with Crippen LogP contribution in [0.25, 0.3) is 0 Å². The summed E-state index contributed by atoms with van der Waals surface area (Å²) in [6.45, 7) is 1.05. The predicted molar refractivity (Wildman–Crippen MR) is 107 cm³/mol. The molecule has 2 aromatic carbocycles. The molecule has 8 nitrogen and oxygen atoms in total. The Bertz CT molecular complexity index is 769. The van der Waals surface area contributed by atoms with Crippen molar-refractivity contribution in [1.82, 2.24) is 0 Å². The van der Waals surface area contributed by atoms with Crippen LogP contribution >= 0.6 is 0 Å². The van der Waals surface area contributed by atoms with Crippen molar-refractivity contribution in [3.8, 4) is 23.0 Å². The summed E-state index contributed by atoms with van der Waals surface area (Å²) in [6, 6.07) is 10.6. The van der Waals surface area contributed by atoms with Gasteiger partial charge in [0.1, 0.15) is 0 Å². The van der Waals surface area contributed by atoms with Crippen molar-refractivity contribution in [2.45, 2.75) is 12.8 Å². The van der Waals surface area contributed by atoms with Gasteiger partial charge in [-0.2, -0.15) is 0 Å². The second-order valence-electron chi connectivity index (χ2n) is 6.05. The first-order chi connectivity index (χ1) is 13.5. The minimum absolute atomic E-state index is 0.234. The van der Waals surface area contributed by atoms with Gasteiger partial charge in [0.15, 0.2) is 23.0 Å². The standard InChI is InChI=1S/C20H26N4O4/c1-25-17-11-13(19(21)22)5-7-15(17)27-9-3-4-10-28-16-8-6-14(20(23)24)12-18(16)26-2/h5-8,11-12H,3-4,9-10H2,1-2H3,(H3,21,22)(H3,23,24)/p+2. The molecule has 0 fully saturated rings. The Kier molecular flexibility index (Phi) is 7.50. The maximum atomic E-state index is 5.78. The zero-order valence-corrected chi connectivity index (χ0v) is 16.2. The first-order valence-electron chi connectivity index (χ1n) is 8.84. The predicted octanol–water partition coefficient (Wildman–Crippen LogP) is -1.13. The Labute approximate surface area is 164 Å². The Morgan fingerprint density at radius 3 is 1.43 bits per heavy atom. The number of amidine groups is 2. The van der Waals surface area contributed by atoms with Crippen molar-refractivity contribution in [2.75, 3.05) is 27.4 Å². The van der Waals surface area contributed by atoms with Crippen molar-refractivity contribution < 1.29 is 29.8 Å². The molecule has 0 saturated carbocycles. The molecule has 0 aliphatic carbocycles. The minimum Gasteiger partial charge on any atom is -0.493 e. The molecule has 0 aromatic heterocycles. The van der Waals surface area contributed by atoms with Crippen molar-refractivity contribution >= 4 is 11.7 Å². The van der Waals surface area contributed by atoms with Crippen LogP contribution in [0.3, 0.4) is 0 Å². The second-order valence-corrected chi connectivity index (χ2v) is 6.05. The van der Waals surface area contributed by atoms with E-state index in [1.807, 2.05) is 0 Å². The normalized spacial score (nSPS) is 10.2. The van der Waals surface area contributed by atoms with Gasteiger partial charge in [-0.15, -0.1) is 0 Å². The zero-order chi connectivity index (χ0) is 20.5. The molecule has 0 aliphatic rings. The summed E-state index contributed by atoms with van der Waals surface area (Å²) in [7, 11) is 3.14. The fourth-order valence-electron chi connectivity index (χ4n) is 2.50. The van der Waals surface area contributed by atoms with Crippen molar-refractivity contribution in [1.29, 1.82) is 0 Å². The summed E-state index contributed by atoms with van der Waals surface area (Å²) in [4.78, 5) is 0. The third kappa shape index (κ3) is 5.54. The van der Waals surface area contributed by atoms with Gasteiger partial charge in [-0.05, 0) is 49.2 Å². The van der Waals surface area contributed by atoms with E-state index in [0.717, 1.165) is 12.8 Å². The van der Waals surface area contributed by atoms with Gasteiger partial charge in [0.05, 0.1) is 38.6 Å². The minimum atomic E-state index is 0.234. The molecule has 8 heteroatoms. The number of hydrogen-bond donors (Lipinski definition) is 4. The highest BCUT2D eigenvalue weighted by Crippen LogP contribution is 2.29. The van der Waals surface area contributed by atoms with Gasteiger partial charge >= 0.3 is 0 Å². The van der Waals surface area contributed by atoms with E-state index in [4.69, 9.17) is 41.2 Å². The van der Waals surface area contributed by atoms with Crippen LogP contribution in [0.1, 0.15) is 24.0 Å². The Hall–Kier alpha value is -3.42. The quantitative estimate of drug-likeness (QED) is 0.218. The molecule has 2 rings (SSSR count). The van der Waals surface area contributed by atoms with E-state index in [-0.39, 0.29) is 11.7 Å². The van der Waals surface area contributed by atoms with Crippen LogP contribution in [0.4, 0.5) is 0 Å². The summed E-state index contributed by atoms with van der Waals surface area (Å²) in [5, 5.41) is 11.2. The van der Waals surface area contributed by atoms with Gasteiger partial charge in [-0.25, -0.2) is 0 Å². The molecule has 0 bridgehead atoms. The molecule has 0 unspecified atom stereocenters. The third-order valence-electron chi connectivity index (χ3n) is 4.05. The lowest BCUT2D eigenvalue weighted by atomic mass is 10.2. The van der Waals surface area contributed by atoms with E-state index in [1.54, 1.807) is 50.6 Å². The monoisotopic (exact) mass is 388 g/mol. The molecule has 0 amide bonds. The number of ether oxygens (including phenoxy) is 4. The van der Waals surface area contributed by atoms with Crippen LogP contribution in [0.15, 0.2) is 36.4 Å². The van der Waals surface area contributed by atoms with Crippen LogP contribution in [-0.2, 0) is 0 Å². The molecule has 28 heavy (non-hydrogen) atoms. The average molecular weight is 388 g/mol. The number of rotatable bonds is 11. The number of nitrogens with two attached hydrogens (primary N) is 4. The van der Waals surface area contributed by atoms with Gasteiger partial charge in [0.2, 0.25) is 0 Å². The summed E-state index contributed by atoms with van der Waals surface area (Å²) < 4.78 is 22.2. The maximum absolute atomic E-state index is 5.78. The molecule has 2 aromatic rings. The summed E-state index contributed by atoms with van der Waals surface area (Å²) in [6.07, 6.45) is 1.61. The number of benzene rings is 2. The zero-order valence-electron chi connectivity index (χ0n) is 16.2. The number of unbranched alkanes of at least 4 members (excludes halogenated alkanes) is 1. The van der Waals surface area contributed by atoms with E-state index in [2.05, 4.69) is 0 Å². The highest BCUT2D eigenvalue weighted by molar-refractivity contribution is 5.93. The lowest BCUT2D eigenvalue weighted by Crippen LogP contribution is -2.46. The van der Waals surface area contributed by atoms with Gasteiger partial charge < -0.3 is 18.9 Å². The third-order valence-corrected chi connectivity index (χ3v) is 4.05. The lowest BCUT2D eigenvalue weighted by Gasteiger charge is -2.12. The van der Waals surface area contributed by atoms with E-state index in [1.165, 1.54) is 0 Å². The molecule has 150 valence electrons. The fourth-order valence-corrected chi connectivity index (χ4v) is 2.50. The van der Waals surface area contributed by atoms with E-state index < -0.39 is 0 Å². The van der Waals surface area contributed by atoms with Gasteiger partial charge in [-0.3, -0.25) is 22.3 Å². The number of methoxy groups -OCH3 is 2. The number of hydrogen-bond acceptors (Lipinski definition) is 4. The highest BCUT2D eigenvalue weighted by atomic mass is 16.5. The molecule has 0 aliphatic heterocycles. The molecule has 0 saturated heterocycles.